The van der Waals surface area contributed by atoms with Crippen LogP contribution in [0.2, 0.25) is 0 Å². The average molecular weight is 232 g/mol. The first kappa shape index (κ1) is 12.3. The summed E-state index contributed by atoms with van der Waals surface area (Å²) in [6, 6.07) is 8.73. The van der Waals surface area contributed by atoms with Gasteiger partial charge in [-0.05, 0) is 49.4 Å². The molecule has 0 aliphatic heterocycles. The number of rotatable bonds is 4. The van der Waals surface area contributed by atoms with Gasteiger partial charge in [0, 0.05) is 17.4 Å². The molecule has 1 aliphatic carbocycles. The maximum Gasteiger partial charge on any atom is 0.0343 e. The summed E-state index contributed by atoms with van der Waals surface area (Å²) in [7, 11) is 0. The van der Waals surface area contributed by atoms with Gasteiger partial charge >= 0.3 is 0 Å². The molecule has 1 unspecified atom stereocenters. The maximum absolute atomic E-state index is 5.71. The van der Waals surface area contributed by atoms with E-state index < -0.39 is 0 Å². The fourth-order valence-corrected chi connectivity index (χ4v) is 2.88. The predicted octanol–water partition coefficient (Wildman–Crippen LogP) is 4.04. The number of nitrogen functional groups attached to an aromatic ring is 1. The fourth-order valence-electron chi connectivity index (χ4n) is 2.88. The Morgan fingerprint density at radius 3 is 2.41 bits per heavy atom. The molecule has 0 saturated heterocycles. The molecule has 3 N–H and O–H groups in total. The monoisotopic (exact) mass is 232 g/mol. The molecule has 1 atom stereocenters. The van der Waals surface area contributed by atoms with E-state index >= 15 is 0 Å². The highest BCUT2D eigenvalue weighted by atomic mass is 14.9. The first-order chi connectivity index (χ1) is 8.29. The van der Waals surface area contributed by atoms with Crippen LogP contribution in [0.25, 0.3) is 0 Å². The van der Waals surface area contributed by atoms with Crippen LogP contribution in [0, 0.1) is 5.92 Å². The topological polar surface area (TPSA) is 38.0 Å². The second-order valence-electron chi connectivity index (χ2n) is 5.18. The van der Waals surface area contributed by atoms with E-state index in [1.807, 2.05) is 12.1 Å². The van der Waals surface area contributed by atoms with Crippen molar-refractivity contribution in [2.75, 3.05) is 11.1 Å². The van der Waals surface area contributed by atoms with Crippen LogP contribution < -0.4 is 11.1 Å². The van der Waals surface area contributed by atoms with Gasteiger partial charge in [0.15, 0.2) is 0 Å². The van der Waals surface area contributed by atoms with E-state index in [1.165, 1.54) is 44.2 Å². The minimum Gasteiger partial charge on any atom is -0.399 e. The predicted molar refractivity (Wildman–Crippen MR) is 75.1 cm³/mol. The normalized spacial score (nSPS) is 18.9. The zero-order valence-electron chi connectivity index (χ0n) is 10.8. The minimum atomic E-state index is 0.624. The van der Waals surface area contributed by atoms with Gasteiger partial charge < -0.3 is 11.1 Å². The van der Waals surface area contributed by atoms with Crippen molar-refractivity contribution in [2.45, 2.75) is 51.5 Å². The Morgan fingerprint density at radius 2 is 1.82 bits per heavy atom. The first-order valence-corrected chi connectivity index (χ1v) is 6.91. The summed E-state index contributed by atoms with van der Waals surface area (Å²) in [5.74, 6) is 0.853. The standard InChI is InChI=1S/C15H24N2/c1-2-15(12-6-4-3-5-7-12)17-14-10-8-13(16)9-11-14/h8-12,15,17H,2-7,16H2,1H3. The molecule has 0 amide bonds. The summed E-state index contributed by atoms with van der Waals surface area (Å²) < 4.78 is 0. The van der Waals surface area contributed by atoms with Crippen molar-refractivity contribution in [3.63, 3.8) is 0 Å². The Labute approximate surface area is 105 Å². The molecule has 1 aromatic carbocycles. The lowest BCUT2D eigenvalue weighted by molar-refractivity contribution is 0.313. The van der Waals surface area contributed by atoms with Gasteiger partial charge in [0.1, 0.15) is 0 Å². The van der Waals surface area contributed by atoms with Crippen molar-refractivity contribution in [1.29, 1.82) is 0 Å². The van der Waals surface area contributed by atoms with Crippen LogP contribution in [-0.2, 0) is 0 Å². The van der Waals surface area contributed by atoms with Crippen molar-refractivity contribution in [3.05, 3.63) is 24.3 Å². The van der Waals surface area contributed by atoms with Crippen molar-refractivity contribution in [2.24, 2.45) is 5.92 Å². The maximum atomic E-state index is 5.71. The molecule has 2 nitrogen and oxygen atoms in total. The molecule has 2 heteroatoms. The zero-order chi connectivity index (χ0) is 12.1. The highest BCUT2D eigenvalue weighted by Crippen LogP contribution is 2.29. The lowest BCUT2D eigenvalue weighted by Gasteiger charge is -2.31. The molecule has 2 rings (SSSR count). The third kappa shape index (κ3) is 3.39. The van der Waals surface area contributed by atoms with Gasteiger partial charge in [0.25, 0.3) is 0 Å². The van der Waals surface area contributed by atoms with E-state index in [0.717, 1.165) is 11.6 Å². The van der Waals surface area contributed by atoms with E-state index in [4.69, 9.17) is 5.73 Å². The van der Waals surface area contributed by atoms with Crippen LogP contribution in [0.3, 0.4) is 0 Å². The van der Waals surface area contributed by atoms with Gasteiger partial charge in [-0.3, -0.25) is 0 Å². The molecular weight excluding hydrogens is 208 g/mol. The first-order valence-electron chi connectivity index (χ1n) is 6.91. The fraction of sp³-hybridized carbons (Fsp3) is 0.600. The summed E-state index contributed by atoms with van der Waals surface area (Å²) in [4.78, 5) is 0. The molecule has 1 saturated carbocycles. The molecule has 17 heavy (non-hydrogen) atoms. The Bertz CT molecular complexity index is 325. The van der Waals surface area contributed by atoms with Gasteiger partial charge in [0.2, 0.25) is 0 Å². The summed E-state index contributed by atoms with van der Waals surface area (Å²) in [6.07, 6.45) is 8.22. The Morgan fingerprint density at radius 1 is 1.18 bits per heavy atom. The highest BCUT2D eigenvalue weighted by Gasteiger charge is 2.21. The Balaban J connectivity index is 1.96. The molecule has 1 fully saturated rings. The molecule has 1 aromatic rings. The average Bonchev–Trinajstić information content (AvgIpc) is 2.39. The van der Waals surface area contributed by atoms with Gasteiger partial charge in [-0.2, -0.15) is 0 Å². The Hall–Kier alpha value is -1.18. The molecule has 0 radical (unpaired) electrons. The number of nitrogens with two attached hydrogens (primary N) is 1. The number of nitrogens with one attached hydrogen (secondary N) is 1. The van der Waals surface area contributed by atoms with Crippen LogP contribution in [-0.4, -0.2) is 6.04 Å². The second kappa shape index (κ2) is 5.95. The smallest absolute Gasteiger partial charge is 0.0343 e. The van der Waals surface area contributed by atoms with E-state index in [0.29, 0.717) is 6.04 Å². The third-order valence-corrected chi connectivity index (χ3v) is 3.92. The van der Waals surface area contributed by atoms with E-state index in [1.54, 1.807) is 0 Å². The van der Waals surface area contributed by atoms with Gasteiger partial charge in [0.05, 0.1) is 0 Å². The number of anilines is 2. The third-order valence-electron chi connectivity index (χ3n) is 3.92. The van der Waals surface area contributed by atoms with Crippen LogP contribution in [0.4, 0.5) is 11.4 Å². The van der Waals surface area contributed by atoms with E-state index in [2.05, 4.69) is 24.4 Å². The molecule has 0 bridgehead atoms. The summed E-state index contributed by atoms with van der Waals surface area (Å²) in [5, 5.41) is 3.67. The van der Waals surface area contributed by atoms with Crippen molar-refractivity contribution >= 4 is 11.4 Å². The van der Waals surface area contributed by atoms with Gasteiger partial charge in [-0.15, -0.1) is 0 Å². The van der Waals surface area contributed by atoms with Gasteiger partial charge in [-0.25, -0.2) is 0 Å². The van der Waals surface area contributed by atoms with Crippen LogP contribution in [0.15, 0.2) is 24.3 Å². The van der Waals surface area contributed by atoms with E-state index in [-0.39, 0.29) is 0 Å². The zero-order valence-corrected chi connectivity index (χ0v) is 10.8. The lowest BCUT2D eigenvalue weighted by Crippen LogP contribution is -2.30. The second-order valence-corrected chi connectivity index (χ2v) is 5.18. The minimum absolute atomic E-state index is 0.624. The lowest BCUT2D eigenvalue weighted by atomic mass is 9.83. The van der Waals surface area contributed by atoms with Gasteiger partial charge in [-0.1, -0.05) is 26.2 Å². The number of hydrogen-bond donors (Lipinski definition) is 2. The quantitative estimate of drug-likeness (QED) is 0.769. The van der Waals surface area contributed by atoms with Crippen LogP contribution >= 0.6 is 0 Å². The van der Waals surface area contributed by atoms with Crippen molar-refractivity contribution < 1.29 is 0 Å². The molecule has 94 valence electrons. The summed E-state index contributed by atoms with van der Waals surface area (Å²) >= 11 is 0. The Kier molecular flexibility index (Phi) is 4.29. The van der Waals surface area contributed by atoms with Crippen molar-refractivity contribution in [3.8, 4) is 0 Å². The molecular formula is C15H24N2. The summed E-state index contributed by atoms with van der Waals surface area (Å²) in [6.45, 7) is 2.28. The molecule has 1 aliphatic rings. The highest BCUT2D eigenvalue weighted by molar-refractivity contribution is 5.51. The SMILES string of the molecule is CCC(Nc1ccc(N)cc1)C1CCCCC1. The molecule has 0 spiro atoms. The molecule has 0 heterocycles. The summed E-state index contributed by atoms with van der Waals surface area (Å²) in [5.41, 5.74) is 7.74. The van der Waals surface area contributed by atoms with E-state index in [9.17, 15) is 0 Å². The van der Waals surface area contributed by atoms with Crippen molar-refractivity contribution in [1.82, 2.24) is 0 Å². The largest absolute Gasteiger partial charge is 0.399 e. The number of hydrogen-bond acceptors (Lipinski definition) is 2. The molecule has 0 aromatic heterocycles. The van der Waals surface area contributed by atoms with Crippen LogP contribution in [0.1, 0.15) is 45.4 Å². The van der Waals surface area contributed by atoms with Crippen LogP contribution in [0.5, 0.6) is 0 Å². The number of benzene rings is 1.